The van der Waals surface area contributed by atoms with Crippen LogP contribution in [0.4, 0.5) is 0 Å². The summed E-state index contributed by atoms with van der Waals surface area (Å²) in [6, 6.07) is 10.3. The number of aryl methyl sites for hydroxylation is 1. The summed E-state index contributed by atoms with van der Waals surface area (Å²) in [5.74, 6) is 0. The topological polar surface area (TPSA) is 0 Å². The molecule has 0 spiro atoms. The van der Waals surface area contributed by atoms with Gasteiger partial charge in [-0.3, -0.25) is 0 Å². The molecule has 7 heavy (non-hydrogen) atoms. The fourth-order valence-electron chi connectivity index (χ4n) is 0.534. The molecule has 1 radical (unpaired) electrons. The maximum atomic E-state index is 2.08. The van der Waals surface area contributed by atoms with Crippen molar-refractivity contribution in [1.29, 1.82) is 0 Å². The quantitative estimate of drug-likeness (QED) is 0.461. The van der Waals surface area contributed by atoms with E-state index >= 15 is 0 Å². The van der Waals surface area contributed by atoms with Gasteiger partial charge < -0.3 is 0 Å². The van der Waals surface area contributed by atoms with E-state index in [-0.39, 0.29) is 1.43 Å². The van der Waals surface area contributed by atoms with Crippen molar-refractivity contribution in [2.45, 2.75) is 6.92 Å². The Balaban J connectivity index is 0.000000490. The van der Waals surface area contributed by atoms with Crippen LogP contribution in [0.2, 0.25) is 0 Å². The number of hydrogen-bond acceptors (Lipinski definition) is 0. The Morgan fingerprint density at radius 3 is 2.00 bits per heavy atom. The van der Waals surface area contributed by atoms with E-state index in [1.807, 2.05) is 18.2 Å². The van der Waals surface area contributed by atoms with Gasteiger partial charge >= 0.3 is 0 Å². The van der Waals surface area contributed by atoms with E-state index in [1.165, 1.54) is 5.56 Å². The average molecular weight is 93.1 g/mol. The van der Waals surface area contributed by atoms with E-state index in [4.69, 9.17) is 0 Å². The Morgan fingerprint density at radius 2 is 1.71 bits per heavy atom. The molecule has 0 bridgehead atoms. The van der Waals surface area contributed by atoms with Crippen LogP contribution in [0, 0.1) is 6.92 Å². The summed E-state index contributed by atoms with van der Waals surface area (Å²) < 4.78 is 0. The molecule has 0 aliphatic carbocycles. The van der Waals surface area contributed by atoms with Crippen molar-refractivity contribution < 1.29 is 1.43 Å². The molecule has 0 aliphatic rings. The minimum Gasteiger partial charge on any atom is -0.0622 e. The van der Waals surface area contributed by atoms with Gasteiger partial charge in [-0.25, -0.2) is 0 Å². The van der Waals surface area contributed by atoms with Crippen LogP contribution in [-0.2, 0) is 0 Å². The number of rotatable bonds is 0. The van der Waals surface area contributed by atoms with Gasteiger partial charge in [0.25, 0.3) is 0 Å². The number of hydrogen-bond donors (Lipinski definition) is 0. The molecule has 0 nitrogen and oxygen atoms in total. The third-order valence-corrected chi connectivity index (χ3v) is 0.940. The molecule has 1 rings (SSSR count). The minimum atomic E-state index is 0. The van der Waals surface area contributed by atoms with Crippen molar-refractivity contribution in [3.63, 3.8) is 0 Å². The maximum Gasteiger partial charge on any atom is 0 e. The Bertz CT molecular complexity index is 134. The first-order chi connectivity index (χ1) is 3.39. The van der Waals surface area contributed by atoms with Crippen molar-refractivity contribution >= 4 is 0 Å². The van der Waals surface area contributed by atoms with Gasteiger partial charge in [0.05, 0.1) is 0 Å². The van der Waals surface area contributed by atoms with Gasteiger partial charge in [-0.15, -0.1) is 0 Å². The van der Waals surface area contributed by atoms with Gasteiger partial charge in [0.2, 0.25) is 0 Å². The van der Waals surface area contributed by atoms with Crippen molar-refractivity contribution in [2.24, 2.45) is 0 Å². The Kier molecular flexibility index (Phi) is 1.12. The highest BCUT2D eigenvalue weighted by Gasteiger charge is 1.72. The Hall–Kier alpha value is -0.780. The predicted molar refractivity (Wildman–Crippen MR) is 32.3 cm³/mol. The fraction of sp³-hybridized carbons (Fsp3) is 0.143. The normalized spacial score (nSPS) is 8.71. The zero-order valence-electron chi connectivity index (χ0n) is 5.39. The summed E-state index contributed by atoms with van der Waals surface area (Å²) in [5, 5.41) is 0. The zero-order chi connectivity index (χ0) is 5.11. The minimum absolute atomic E-state index is 0. The summed E-state index contributed by atoms with van der Waals surface area (Å²) in [6.45, 7) is 2.08. The largest absolute Gasteiger partial charge is 0.0622 e. The molecule has 0 heteroatoms. The lowest BCUT2D eigenvalue weighted by molar-refractivity contribution is 1.48. The van der Waals surface area contributed by atoms with E-state index in [1.54, 1.807) is 0 Å². The Morgan fingerprint density at radius 1 is 1.14 bits per heavy atom. The highest BCUT2D eigenvalue weighted by Crippen LogP contribution is 1.92. The molecule has 0 saturated heterocycles. The standard InChI is InChI=1S/C7H8.H/c1-7-5-3-2-4-6-7;/h2-6H,1H3;. The van der Waals surface area contributed by atoms with Crippen LogP contribution in [0.15, 0.2) is 30.3 Å². The van der Waals surface area contributed by atoms with Gasteiger partial charge in [0.1, 0.15) is 0 Å². The molecule has 37 valence electrons. The van der Waals surface area contributed by atoms with Crippen LogP contribution in [0.1, 0.15) is 6.99 Å². The van der Waals surface area contributed by atoms with Crippen LogP contribution in [-0.4, -0.2) is 0 Å². The summed E-state index contributed by atoms with van der Waals surface area (Å²) in [6.07, 6.45) is 0. The second kappa shape index (κ2) is 1.78. The van der Waals surface area contributed by atoms with E-state index in [0.717, 1.165) is 0 Å². The molecule has 1 aromatic rings. The van der Waals surface area contributed by atoms with Crippen molar-refractivity contribution in [3.8, 4) is 0 Å². The second-order valence-corrected chi connectivity index (χ2v) is 1.65. The summed E-state index contributed by atoms with van der Waals surface area (Å²) >= 11 is 0. The molecule has 0 fully saturated rings. The first kappa shape index (κ1) is 4.38. The van der Waals surface area contributed by atoms with Crippen LogP contribution in [0.5, 0.6) is 0 Å². The molecular formula is C7H9. The maximum absolute atomic E-state index is 2.08. The molecule has 0 aromatic heterocycles. The van der Waals surface area contributed by atoms with E-state index < -0.39 is 0 Å². The molecule has 0 aliphatic heterocycles. The molecule has 0 N–H and O–H groups in total. The van der Waals surface area contributed by atoms with Gasteiger partial charge in [-0.05, 0) is 6.92 Å². The van der Waals surface area contributed by atoms with Crippen LogP contribution < -0.4 is 0 Å². The monoisotopic (exact) mass is 93.1 g/mol. The van der Waals surface area contributed by atoms with E-state index in [9.17, 15) is 0 Å². The second-order valence-electron chi connectivity index (χ2n) is 1.65. The third kappa shape index (κ3) is 1.04. The van der Waals surface area contributed by atoms with Crippen LogP contribution in [0.3, 0.4) is 0 Å². The molecule has 0 saturated carbocycles. The highest BCUT2D eigenvalue weighted by atomic mass is 13.8. The molecule has 0 heterocycles. The SMILES string of the molecule is Cc1ccccc1.[H]. The summed E-state index contributed by atoms with van der Waals surface area (Å²) in [4.78, 5) is 0. The van der Waals surface area contributed by atoms with Gasteiger partial charge in [0.15, 0.2) is 0 Å². The van der Waals surface area contributed by atoms with Crippen molar-refractivity contribution in [3.05, 3.63) is 35.9 Å². The lowest BCUT2D eigenvalue weighted by atomic mass is 10.2. The molecule has 0 amide bonds. The molecule has 1 aromatic carbocycles. The summed E-state index contributed by atoms with van der Waals surface area (Å²) in [7, 11) is 0. The lowest BCUT2D eigenvalue weighted by Gasteiger charge is -1.82. The highest BCUT2D eigenvalue weighted by molar-refractivity contribution is 5.11. The molecule has 0 atom stereocenters. The lowest BCUT2D eigenvalue weighted by Crippen LogP contribution is -1.62. The van der Waals surface area contributed by atoms with Gasteiger partial charge in [0, 0.05) is 1.43 Å². The predicted octanol–water partition coefficient (Wildman–Crippen LogP) is 2.11. The van der Waals surface area contributed by atoms with Crippen LogP contribution >= 0.6 is 0 Å². The summed E-state index contributed by atoms with van der Waals surface area (Å²) in [5.41, 5.74) is 1.32. The fourth-order valence-corrected chi connectivity index (χ4v) is 0.534. The smallest absolute Gasteiger partial charge is 0 e. The van der Waals surface area contributed by atoms with E-state index in [2.05, 4.69) is 19.1 Å². The van der Waals surface area contributed by atoms with Crippen molar-refractivity contribution in [1.82, 2.24) is 0 Å². The molecule has 0 unspecified atom stereocenters. The van der Waals surface area contributed by atoms with Crippen LogP contribution in [0.25, 0.3) is 0 Å². The third-order valence-electron chi connectivity index (χ3n) is 0.940. The zero-order valence-corrected chi connectivity index (χ0v) is 4.39. The Labute approximate surface area is 45.3 Å². The first-order valence-corrected chi connectivity index (χ1v) is 2.41. The van der Waals surface area contributed by atoms with Gasteiger partial charge in [-0.1, -0.05) is 35.9 Å². The van der Waals surface area contributed by atoms with Crippen molar-refractivity contribution in [2.75, 3.05) is 0 Å². The first-order valence-electron chi connectivity index (χ1n) is 2.41. The van der Waals surface area contributed by atoms with E-state index in [0.29, 0.717) is 0 Å². The average Bonchev–Trinajstić information content (AvgIpc) is 1.69. The number of benzene rings is 1. The van der Waals surface area contributed by atoms with Gasteiger partial charge in [-0.2, -0.15) is 0 Å². The molecular weight excluding hydrogens is 84.1 g/mol.